The molecule has 0 aliphatic carbocycles. The molecule has 34 heavy (non-hydrogen) atoms. The van der Waals surface area contributed by atoms with Gasteiger partial charge in [-0.15, -0.1) is 0 Å². The molecule has 13 heteroatoms. The first kappa shape index (κ1) is 25.9. The molecule has 0 radical (unpaired) electrons. The van der Waals surface area contributed by atoms with Crippen LogP contribution in [0.2, 0.25) is 0 Å². The summed E-state index contributed by atoms with van der Waals surface area (Å²) in [7, 11) is -4.43. The second kappa shape index (κ2) is 9.90. The molecule has 1 aromatic carbocycles. The van der Waals surface area contributed by atoms with E-state index in [0.717, 1.165) is 12.1 Å². The van der Waals surface area contributed by atoms with Crippen LogP contribution in [0.1, 0.15) is 32.7 Å². The molecule has 3 rings (SSSR count). The van der Waals surface area contributed by atoms with Gasteiger partial charge in [-0.2, -0.15) is 13.2 Å². The van der Waals surface area contributed by atoms with E-state index in [-0.39, 0.29) is 17.2 Å². The minimum Gasteiger partial charge on any atom is -0.289 e. The Kier molecular flexibility index (Phi) is 7.56. The first-order valence-electron chi connectivity index (χ1n) is 10.2. The zero-order valence-corrected chi connectivity index (χ0v) is 20.1. The van der Waals surface area contributed by atoms with Crippen molar-refractivity contribution in [3.05, 3.63) is 46.6 Å². The van der Waals surface area contributed by atoms with Crippen molar-refractivity contribution in [3.63, 3.8) is 0 Å². The molecule has 0 saturated heterocycles. The molecule has 0 fully saturated rings. The van der Waals surface area contributed by atoms with Crippen LogP contribution >= 0.6 is 11.8 Å². The molecule has 0 amide bonds. The Morgan fingerprint density at radius 1 is 1.24 bits per heavy atom. The zero-order chi connectivity index (χ0) is 25.3. The third kappa shape index (κ3) is 5.87. The predicted molar refractivity (Wildman–Crippen MR) is 124 cm³/mol. The molecule has 2 heterocycles. The summed E-state index contributed by atoms with van der Waals surface area (Å²) in [6.07, 6.45) is -2.22. The lowest BCUT2D eigenvalue weighted by atomic mass is 10.0. The maximum Gasteiger partial charge on any atom is 0.390 e. The van der Waals surface area contributed by atoms with Crippen molar-refractivity contribution in [2.75, 3.05) is 16.7 Å². The number of hydrogen-bond donors (Lipinski definition) is 1. The van der Waals surface area contributed by atoms with E-state index in [4.69, 9.17) is 0 Å². The van der Waals surface area contributed by atoms with Gasteiger partial charge in [-0.1, -0.05) is 24.8 Å². The van der Waals surface area contributed by atoms with Crippen LogP contribution in [-0.2, 0) is 10.0 Å². The second-order valence-corrected chi connectivity index (χ2v) is 10.2. The van der Waals surface area contributed by atoms with Gasteiger partial charge in [0.1, 0.15) is 11.5 Å². The quantitative estimate of drug-likeness (QED) is 0.257. The fraction of sp³-hybridized carbons (Fsp3) is 0.381. The monoisotopic (exact) mass is 518 g/mol. The zero-order valence-electron chi connectivity index (χ0n) is 18.5. The lowest BCUT2D eigenvalue weighted by Gasteiger charge is -2.18. The largest absolute Gasteiger partial charge is 0.390 e. The number of benzene rings is 1. The first-order valence-corrected chi connectivity index (χ1v) is 13.1. The standard InChI is InChI=1S/C21H22F4N4O3S2/c1-4-12(2)29-18-14(11-26-20(27-18)33-3)9-15(19(29)30)13-5-6-17(16(22)10-13)28-34(31,32)8-7-21(23,24)25/h5-6,9-12,28H,4,7-8H2,1-3H3. The summed E-state index contributed by atoms with van der Waals surface area (Å²) in [6, 6.07) is 4.67. The van der Waals surface area contributed by atoms with Gasteiger partial charge >= 0.3 is 6.18 Å². The van der Waals surface area contributed by atoms with Crippen LogP contribution in [0.5, 0.6) is 0 Å². The average Bonchev–Trinajstić information content (AvgIpc) is 2.77. The minimum atomic E-state index is -4.66. The summed E-state index contributed by atoms with van der Waals surface area (Å²) in [5.74, 6) is -2.27. The molecule has 1 N–H and O–H groups in total. The summed E-state index contributed by atoms with van der Waals surface area (Å²) in [5, 5.41) is 1.05. The molecule has 2 aromatic heterocycles. The van der Waals surface area contributed by atoms with Gasteiger partial charge in [0, 0.05) is 23.2 Å². The number of fused-ring (bicyclic) bond motifs is 1. The molecule has 0 aliphatic rings. The smallest absolute Gasteiger partial charge is 0.289 e. The van der Waals surface area contributed by atoms with E-state index in [1.807, 2.05) is 24.8 Å². The van der Waals surface area contributed by atoms with Crippen LogP contribution in [0, 0.1) is 5.82 Å². The van der Waals surface area contributed by atoms with Gasteiger partial charge in [-0.05, 0) is 43.4 Å². The summed E-state index contributed by atoms with van der Waals surface area (Å²) in [5.41, 5.74) is -0.156. The van der Waals surface area contributed by atoms with Crippen molar-refractivity contribution in [1.82, 2.24) is 14.5 Å². The highest BCUT2D eigenvalue weighted by molar-refractivity contribution is 7.98. The number of halogens is 4. The lowest BCUT2D eigenvalue weighted by molar-refractivity contribution is -0.129. The number of hydrogen-bond acceptors (Lipinski definition) is 6. The Morgan fingerprint density at radius 2 is 1.94 bits per heavy atom. The molecule has 0 aliphatic heterocycles. The summed E-state index contributed by atoms with van der Waals surface area (Å²) >= 11 is 1.33. The van der Waals surface area contributed by atoms with E-state index in [1.165, 1.54) is 28.5 Å². The van der Waals surface area contributed by atoms with Crippen molar-refractivity contribution in [2.24, 2.45) is 0 Å². The Bertz CT molecular complexity index is 1370. The molecule has 0 spiro atoms. The van der Waals surface area contributed by atoms with E-state index in [2.05, 4.69) is 9.97 Å². The van der Waals surface area contributed by atoms with Gasteiger partial charge in [-0.3, -0.25) is 14.1 Å². The third-order valence-corrected chi connectivity index (χ3v) is 7.00. The molecule has 0 bridgehead atoms. The molecule has 184 valence electrons. The Hall–Kier alpha value is -2.67. The van der Waals surface area contributed by atoms with E-state index >= 15 is 0 Å². The number of aromatic nitrogens is 3. The van der Waals surface area contributed by atoms with Crippen LogP contribution in [0.15, 0.2) is 40.4 Å². The third-order valence-electron chi connectivity index (χ3n) is 5.17. The molecule has 3 aromatic rings. The van der Waals surface area contributed by atoms with Crippen LogP contribution in [0.3, 0.4) is 0 Å². The van der Waals surface area contributed by atoms with Crippen molar-refractivity contribution >= 4 is 38.5 Å². The number of anilines is 1. The lowest BCUT2D eigenvalue weighted by Crippen LogP contribution is -2.26. The number of thioether (sulfide) groups is 1. The van der Waals surface area contributed by atoms with E-state index in [1.54, 1.807) is 6.20 Å². The van der Waals surface area contributed by atoms with Crippen LogP contribution in [-0.4, -0.2) is 41.1 Å². The Labute approximate surface area is 197 Å². The maximum absolute atomic E-state index is 14.7. The molecule has 7 nitrogen and oxygen atoms in total. The van der Waals surface area contributed by atoms with E-state index in [0.29, 0.717) is 22.6 Å². The minimum absolute atomic E-state index is 0.152. The normalized spacial score (nSPS) is 13.3. The molecule has 1 unspecified atom stereocenters. The first-order chi connectivity index (χ1) is 15.8. The molecule has 0 saturated carbocycles. The van der Waals surface area contributed by atoms with Crippen molar-refractivity contribution in [1.29, 1.82) is 0 Å². The van der Waals surface area contributed by atoms with Crippen molar-refractivity contribution in [3.8, 4) is 11.1 Å². The summed E-state index contributed by atoms with van der Waals surface area (Å²) in [4.78, 5) is 22.0. The topological polar surface area (TPSA) is 94.0 Å². The van der Waals surface area contributed by atoms with E-state index < -0.39 is 45.4 Å². The van der Waals surface area contributed by atoms with Crippen LogP contribution in [0.25, 0.3) is 22.2 Å². The Morgan fingerprint density at radius 3 is 2.53 bits per heavy atom. The van der Waals surface area contributed by atoms with Gasteiger partial charge in [0.25, 0.3) is 5.56 Å². The number of pyridine rings is 1. The number of sulfonamides is 1. The second-order valence-electron chi connectivity index (χ2n) is 7.61. The van der Waals surface area contributed by atoms with Crippen molar-refractivity contribution < 1.29 is 26.0 Å². The van der Waals surface area contributed by atoms with Crippen LogP contribution < -0.4 is 10.3 Å². The van der Waals surface area contributed by atoms with Crippen molar-refractivity contribution in [2.45, 2.75) is 44.1 Å². The molecular formula is C21H22F4N4O3S2. The number of alkyl halides is 3. The summed E-state index contributed by atoms with van der Waals surface area (Å²) < 4.78 is 78.9. The number of nitrogens with zero attached hydrogens (tertiary/aromatic N) is 3. The van der Waals surface area contributed by atoms with Crippen LogP contribution in [0.4, 0.5) is 23.2 Å². The highest BCUT2D eigenvalue weighted by atomic mass is 32.2. The number of rotatable bonds is 8. The summed E-state index contributed by atoms with van der Waals surface area (Å²) in [6.45, 7) is 3.76. The highest BCUT2D eigenvalue weighted by Gasteiger charge is 2.30. The SMILES string of the molecule is CCC(C)n1c(=O)c(-c2ccc(NS(=O)(=O)CCC(F)(F)F)c(F)c2)cc2cnc(SC)nc21. The molecule has 1 atom stereocenters. The average molecular weight is 519 g/mol. The van der Waals surface area contributed by atoms with Gasteiger partial charge < -0.3 is 0 Å². The van der Waals surface area contributed by atoms with Gasteiger partial charge in [-0.25, -0.2) is 22.8 Å². The maximum atomic E-state index is 14.7. The number of nitrogens with one attached hydrogen (secondary N) is 1. The fourth-order valence-electron chi connectivity index (χ4n) is 3.24. The van der Waals surface area contributed by atoms with Gasteiger partial charge in [0.05, 0.1) is 17.9 Å². The van der Waals surface area contributed by atoms with Gasteiger partial charge in [0.2, 0.25) is 10.0 Å². The Balaban J connectivity index is 2.04. The fourth-order valence-corrected chi connectivity index (χ4v) is 4.67. The predicted octanol–water partition coefficient (Wildman–Crippen LogP) is 4.98. The van der Waals surface area contributed by atoms with E-state index in [9.17, 15) is 30.8 Å². The molecular weight excluding hydrogens is 496 g/mol. The van der Waals surface area contributed by atoms with Gasteiger partial charge in [0.15, 0.2) is 5.16 Å². The highest BCUT2D eigenvalue weighted by Crippen LogP contribution is 2.28.